The molecule has 0 spiro atoms. The molecule has 4 aromatic rings. The van der Waals surface area contributed by atoms with Crippen molar-refractivity contribution in [2.24, 2.45) is 0 Å². The highest BCUT2D eigenvalue weighted by Gasteiger charge is 2.29. The molecule has 7 nitrogen and oxygen atoms in total. The van der Waals surface area contributed by atoms with Gasteiger partial charge in [0.2, 0.25) is 0 Å². The molecule has 2 atom stereocenters. The van der Waals surface area contributed by atoms with Crippen molar-refractivity contribution in [3.8, 4) is 11.1 Å². The van der Waals surface area contributed by atoms with Gasteiger partial charge in [-0.15, -0.1) is 0 Å². The van der Waals surface area contributed by atoms with Crippen molar-refractivity contribution >= 4 is 17.2 Å². The third kappa shape index (κ3) is 4.08. The van der Waals surface area contributed by atoms with E-state index in [1.54, 1.807) is 25.1 Å². The van der Waals surface area contributed by atoms with Crippen LogP contribution in [0.4, 0.5) is 4.79 Å². The summed E-state index contributed by atoms with van der Waals surface area (Å²) in [7, 11) is 0. The molecular formula is C26H24N2O5. The molecule has 7 heteroatoms. The summed E-state index contributed by atoms with van der Waals surface area (Å²) in [6.45, 7) is 1.76. The zero-order chi connectivity index (χ0) is 22.9. The monoisotopic (exact) mass is 444 g/mol. The Labute approximate surface area is 190 Å². The van der Waals surface area contributed by atoms with Crippen LogP contribution in [0.15, 0.2) is 71.1 Å². The van der Waals surface area contributed by atoms with Gasteiger partial charge in [-0.05, 0) is 39.9 Å². The Balaban J connectivity index is 1.18. The minimum atomic E-state index is -1.21. The molecule has 1 heterocycles. The van der Waals surface area contributed by atoms with E-state index in [1.165, 1.54) is 0 Å². The standard InChI is InChI=1S/C26H24N2O5/c1-15-28-22-12-16(10-11-24(22)33-15)25(30)23(29)13-27-26(31)32-14-21-19-8-4-2-6-17(19)18-7-3-5-9-20(18)21/h2-12,21,23,25,29-30H,13-14H2,1H3,(H,27,31). The van der Waals surface area contributed by atoms with Gasteiger partial charge in [0.25, 0.3) is 0 Å². The molecule has 0 saturated heterocycles. The van der Waals surface area contributed by atoms with Crippen LogP contribution < -0.4 is 5.32 Å². The van der Waals surface area contributed by atoms with E-state index in [4.69, 9.17) is 9.15 Å². The first-order chi connectivity index (χ1) is 16.0. The van der Waals surface area contributed by atoms with Crippen molar-refractivity contribution in [1.82, 2.24) is 10.3 Å². The predicted molar refractivity (Wildman–Crippen MR) is 123 cm³/mol. The number of amides is 1. The number of fused-ring (bicyclic) bond motifs is 4. The van der Waals surface area contributed by atoms with Crippen molar-refractivity contribution < 1.29 is 24.2 Å². The molecule has 0 bridgehead atoms. The second-order valence-electron chi connectivity index (χ2n) is 8.18. The van der Waals surface area contributed by atoms with Crippen LogP contribution in [-0.4, -0.2) is 40.5 Å². The third-order valence-electron chi connectivity index (χ3n) is 6.02. The maximum atomic E-state index is 12.3. The number of aryl methyl sites for hydroxylation is 1. The van der Waals surface area contributed by atoms with Crippen molar-refractivity contribution in [2.75, 3.05) is 13.2 Å². The molecule has 1 amide bonds. The molecule has 0 aliphatic heterocycles. The summed E-state index contributed by atoms with van der Waals surface area (Å²) in [5.41, 5.74) is 6.24. The van der Waals surface area contributed by atoms with Gasteiger partial charge in [0.1, 0.15) is 24.3 Å². The fraction of sp³-hybridized carbons (Fsp3) is 0.231. The van der Waals surface area contributed by atoms with Crippen molar-refractivity contribution in [3.63, 3.8) is 0 Å². The van der Waals surface area contributed by atoms with E-state index in [9.17, 15) is 15.0 Å². The quantitative estimate of drug-likeness (QED) is 0.414. The second-order valence-corrected chi connectivity index (χ2v) is 8.18. The van der Waals surface area contributed by atoms with E-state index >= 15 is 0 Å². The van der Waals surface area contributed by atoms with Crippen LogP contribution in [0.3, 0.4) is 0 Å². The van der Waals surface area contributed by atoms with Gasteiger partial charge in [0, 0.05) is 19.4 Å². The van der Waals surface area contributed by atoms with E-state index in [0.717, 1.165) is 22.3 Å². The molecular weight excluding hydrogens is 420 g/mol. The van der Waals surface area contributed by atoms with Gasteiger partial charge < -0.3 is 24.7 Å². The molecule has 0 radical (unpaired) electrons. The van der Waals surface area contributed by atoms with Crippen molar-refractivity contribution in [3.05, 3.63) is 89.3 Å². The Hall–Kier alpha value is -3.68. The number of oxazole rings is 1. The highest BCUT2D eigenvalue weighted by atomic mass is 16.5. The largest absolute Gasteiger partial charge is 0.449 e. The maximum Gasteiger partial charge on any atom is 0.407 e. The summed E-state index contributed by atoms with van der Waals surface area (Å²) >= 11 is 0. The van der Waals surface area contributed by atoms with Crippen LogP contribution in [0.1, 0.15) is 34.6 Å². The molecule has 0 saturated carbocycles. The summed E-state index contributed by atoms with van der Waals surface area (Å²) < 4.78 is 10.9. The number of aliphatic hydroxyl groups is 2. The minimum absolute atomic E-state index is 0.0451. The Kier molecular flexibility index (Phi) is 5.58. The van der Waals surface area contributed by atoms with Gasteiger partial charge in [-0.3, -0.25) is 0 Å². The van der Waals surface area contributed by atoms with Crippen LogP contribution in [0.25, 0.3) is 22.2 Å². The number of benzene rings is 3. The third-order valence-corrected chi connectivity index (χ3v) is 6.02. The molecule has 33 heavy (non-hydrogen) atoms. The Morgan fingerprint density at radius 2 is 1.73 bits per heavy atom. The lowest BCUT2D eigenvalue weighted by Gasteiger charge is -2.19. The average molecular weight is 444 g/mol. The number of ether oxygens (including phenoxy) is 1. The smallest absolute Gasteiger partial charge is 0.407 e. The minimum Gasteiger partial charge on any atom is -0.449 e. The lowest BCUT2D eigenvalue weighted by Crippen LogP contribution is -2.36. The van der Waals surface area contributed by atoms with E-state index in [-0.39, 0.29) is 19.1 Å². The summed E-state index contributed by atoms with van der Waals surface area (Å²) in [4.78, 5) is 16.6. The van der Waals surface area contributed by atoms with Crippen LogP contribution in [0, 0.1) is 6.92 Å². The number of aliphatic hydroxyl groups excluding tert-OH is 2. The molecule has 1 aliphatic rings. The first-order valence-corrected chi connectivity index (χ1v) is 10.8. The van der Waals surface area contributed by atoms with Crippen LogP contribution >= 0.6 is 0 Å². The molecule has 3 N–H and O–H groups in total. The number of carbonyl (C=O) groups is 1. The number of hydrogen-bond acceptors (Lipinski definition) is 6. The highest BCUT2D eigenvalue weighted by Crippen LogP contribution is 2.44. The topological polar surface area (TPSA) is 105 Å². The van der Waals surface area contributed by atoms with E-state index in [2.05, 4.69) is 34.6 Å². The fourth-order valence-corrected chi connectivity index (χ4v) is 4.41. The molecule has 168 valence electrons. The van der Waals surface area contributed by atoms with Gasteiger partial charge in [-0.2, -0.15) is 0 Å². The average Bonchev–Trinajstić information content (AvgIpc) is 3.37. The summed E-state index contributed by atoms with van der Waals surface area (Å²) in [6, 6.07) is 21.2. The van der Waals surface area contributed by atoms with E-state index in [0.29, 0.717) is 22.6 Å². The number of nitrogens with zero attached hydrogens (tertiary/aromatic N) is 1. The number of hydrogen-bond donors (Lipinski definition) is 3. The summed E-state index contributed by atoms with van der Waals surface area (Å²) in [5, 5.41) is 23.4. The molecule has 5 rings (SSSR count). The van der Waals surface area contributed by atoms with Crippen LogP contribution in [-0.2, 0) is 4.74 Å². The number of carbonyl (C=O) groups excluding carboxylic acids is 1. The number of alkyl carbamates (subject to hydrolysis) is 1. The van der Waals surface area contributed by atoms with Crippen LogP contribution in [0.5, 0.6) is 0 Å². The summed E-state index contributed by atoms with van der Waals surface area (Å²) in [6.07, 6.45) is -3.05. The number of nitrogens with one attached hydrogen (secondary N) is 1. The molecule has 3 aromatic carbocycles. The lowest BCUT2D eigenvalue weighted by atomic mass is 9.98. The van der Waals surface area contributed by atoms with Gasteiger partial charge in [0.05, 0.1) is 0 Å². The zero-order valence-electron chi connectivity index (χ0n) is 18.1. The van der Waals surface area contributed by atoms with Gasteiger partial charge >= 0.3 is 6.09 Å². The number of rotatable bonds is 6. The first-order valence-electron chi connectivity index (χ1n) is 10.8. The fourth-order valence-electron chi connectivity index (χ4n) is 4.41. The number of aromatic nitrogens is 1. The molecule has 0 fully saturated rings. The van der Waals surface area contributed by atoms with E-state index in [1.807, 2.05) is 24.3 Å². The molecule has 2 unspecified atom stereocenters. The second kappa shape index (κ2) is 8.69. The van der Waals surface area contributed by atoms with Gasteiger partial charge in [-0.1, -0.05) is 54.6 Å². The first kappa shape index (κ1) is 21.2. The Morgan fingerprint density at radius 1 is 1.06 bits per heavy atom. The maximum absolute atomic E-state index is 12.3. The zero-order valence-corrected chi connectivity index (χ0v) is 18.1. The lowest BCUT2D eigenvalue weighted by molar-refractivity contribution is 0.0186. The molecule has 1 aliphatic carbocycles. The predicted octanol–water partition coefficient (Wildman–Crippen LogP) is 4.07. The molecule has 1 aromatic heterocycles. The summed E-state index contributed by atoms with van der Waals surface area (Å²) in [5.74, 6) is 0.477. The van der Waals surface area contributed by atoms with E-state index < -0.39 is 18.3 Å². The van der Waals surface area contributed by atoms with Gasteiger partial charge in [0.15, 0.2) is 11.5 Å². The SMILES string of the molecule is Cc1nc2cc(C(O)C(O)CNC(=O)OCC3c4ccccc4-c4ccccc43)ccc2o1. The van der Waals surface area contributed by atoms with Crippen molar-refractivity contribution in [1.29, 1.82) is 0 Å². The van der Waals surface area contributed by atoms with Gasteiger partial charge in [-0.25, -0.2) is 9.78 Å². The Bertz CT molecular complexity index is 1270. The Morgan fingerprint density at radius 3 is 2.42 bits per heavy atom. The van der Waals surface area contributed by atoms with Crippen LogP contribution in [0.2, 0.25) is 0 Å². The highest BCUT2D eigenvalue weighted by molar-refractivity contribution is 5.79. The normalized spacial score (nSPS) is 14.5. The van der Waals surface area contributed by atoms with Crippen molar-refractivity contribution in [2.45, 2.75) is 25.0 Å².